The van der Waals surface area contributed by atoms with Crippen molar-refractivity contribution in [3.8, 4) is 0 Å². The number of nitrogens with one attached hydrogen (secondary N) is 1. The average molecular weight is 316 g/mol. The van der Waals surface area contributed by atoms with Crippen molar-refractivity contribution in [2.45, 2.75) is 19.4 Å². The van der Waals surface area contributed by atoms with E-state index in [1.165, 1.54) is 0 Å². The van der Waals surface area contributed by atoms with Crippen LogP contribution in [0, 0.1) is 5.82 Å². The summed E-state index contributed by atoms with van der Waals surface area (Å²) < 4.78 is 18.5. The molecule has 5 nitrogen and oxygen atoms in total. The van der Waals surface area contributed by atoms with Crippen LogP contribution in [0.15, 0.2) is 12.3 Å². The van der Waals surface area contributed by atoms with Gasteiger partial charge in [0, 0.05) is 25.2 Å². The van der Waals surface area contributed by atoms with Gasteiger partial charge >= 0.3 is 0 Å². The van der Waals surface area contributed by atoms with Crippen molar-refractivity contribution >= 4 is 17.5 Å². The second kappa shape index (κ2) is 6.68. The van der Waals surface area contributed by atoms with Crippen LogP contribution >= 0.6 is 11.6 Å². The smallest absolute Gasteiger partial charge is 0.254 e. The summed E-state index contributed by atoms with van der Waals surface area (Å²) in [7, 11) is 0. The number of aromatic nitrogens is 1. The summed E-state index contributed by atoms with van der Waals surface area (Å²) in [5.74, 6) is -1.01. The molecule has 7 heteroatoms. The standard InChI is InChI=1S/C14H19ClFN3O2/c1-14(2,19-3-5-21-6-4-19)9-18-13(20)11-7-10(16)8-17-12(11)15/h7-8H,3-6,9H2,1-2H3,(H,18,20). The van der Waals surface area contributed by atoms with Crippen LogP contribution in [0.3, 0.4) is 0 Å². The van der Waals surface area contributed by atoms with Gasteiger partial charge in [0.1, 0.15) is 11.0 Å². The summed E-state index contributed by atoms with van der Waals surface area (Å²) >= 11 is 5.82. The van der Waals surface area contributed by atoms with E-state index in [1.807, 2.05) is 13.8 Å². The van der Waals surface area contributed by atoms with Crippen LogP contribution in [0.5, 0.6) is 0 Å². The maximum absolute atomic E-state index is 13.1. The largest absolute Gasteiger partial charge is 0.379 e. The van der Waals surface area contributed by atoms with Gasteiger partial charge < -0.3 is 10.1 Å². The monoisotopic (exact) mass is 315 g/mol. The molecule has 1 amide bonds. The molecular formula is C14H19ClFN3O2. The zero-order valence-corrected chi connectivity index (χ0v) is 12.9. The molecule has 2 rings (SSSR count). The molecule has 0 aliphatic carbocycles. The van der Waals surface area contributed by atoms with Crippen LogP contribution in [-0.2, 0) is 4.74 Å². The molecule has 1 saturated heterocycles. The number of ether oxygens (including phenoxy) is 1. The number of carbonyl (C=O) groups is 1. The minimum Gasteiger partial charge on any atom is -0.379 e. The first-order chi connectivity index (χ1) is 9.90. The first-order valence-corrected chi connectivity index (χ1v) is 7.20. The predicted octanol–water partition coefficient (Wildman–Crippen LogP) is 1.71. The Hall–Kier alpha value is -1.24. The molecule has 0 aromatic carbocycles. The predicted molar refractivity (Wildman–Crippen MR) is 78.0 cm³/mol. The number of morpholine rings is 1. The molecule has 0 saturated carbocycles. The number of carbonyl (C=O) groups excluding carboxylic acids is 1. The quantitative estimate of drug-likeness (QED) is 0.860. The topological polar surface area (TPSA) is 54.5 Å². The van der Waals surface area contributed by atoms with Gasteiger partial charge in [-0.25, -0.2) is 9.37 Å². The highest BCUT2D eigenvalue weighted by molar-refractivity contribution is 6.32. The van der Waals surface area contributed by atoms with Gasteiger partial charge in [-0.05, 0) is 19.9 Å². The Morgan fingerprint density at radius 1 is 1.52 bits per heavy atom. The zero-order chi connectivity index (χ0) is 15.5. The first-order valence-electron chi connectivity index (χ1n) is 6.82. The van der Waals surface area contributed by atoms with Crippen LogP contribution in [0.2, 0.25) is 5.15 Å². The second-order valence-corrected chi connectivity index (χ2v) is 5.94. The molecule has 0 atom stereocenters. The summed E-state index contributed by atoms with van der Waals surface area (Å²) in [6, 6.07) is 1.09. The van der Waals surface area contributed by atoms with Crippen molar-refractivity contribution in [3.63, 3.8) is 0 Å². The van der Waals surface area contributed by atoms with Crippen molar-refractivity contribution in [1.82, 2.24) is 15.2 Å². The summed E-state index contributed by atoms with van der Waals surface area (Å²) in [5.41, 5.74) is -0.165. The number of hydrogen-bond donors (Lipinski definition) is 1. The highest BCUT2D eigenvalue weighted by atomic mass is 35.5. The zero-order valence-electron chi connectivity index (χ0n) is 12.2. The number of pyridine rings is 1. The number of nitrogens with zero attached hydrogens (tertiary/aromatic N) is 2. The molecule has 0 unspecified atom stereocenters. The fourth-order valence-corrected chi connectivity index (χ4v) is 2.44. The molecule has 0 spiro atoms. The number of amides is 1. The van der Waals surface area contributed by atoms with Gasteiger partial charge in [0.15, 0.2) is 0 Å². The van der Waals surface area contributed by atoms with Gasteiger partial charge in [0.2, 0.25) is 0 Å². The summed E-state index contributed by atoms with van der Waals surface area (Å²) in [6.07, 6.45) is 0.983. The highest BCUT2D eigenvalue weighted by Gasteiger charge is 2.29. The van der Waals surface area contributed by atoms with E-state index in [4.69, 9.17) is 16.3 Å². The van der Waals surface area contributed by atoms with Crippen LogP contribution in [0.25, 0.3) is 0 Å². The lowest BCUT2D eigenvalue weighted by Crippen LogP contribution is -2.55. The molecule has 116 valence electrons. The molecule has 1 aliphatic rings. The van der Waals surface area contributed by atoms with Crippen molar-refractivity contribution in [3.05, 3.63) is 28.8 Å². The normalized spacial score (nSPS) is 16.8. The Bertz CT molecular complexity index is 519. The molecule has 1 N–H and O–H groups in total. The van der Waals surface area contributed by atoms with Crippen molar-refractivity contribution < 1.29 is 13.9 Å². The van der Waals surface area contributed by atoms with Crippen molar-refractivity contribution in [1.29, 1.82) is 0 Å². The van der Waals surface area contributed by atoms with Gasteiger partial charge in [-0.2, -0.15) is 0 Å². The molecule has 1 aromatic heterocycles. The summed E-state index contributed by atoms with van der Waals surface area (Å²) in [5, 5.41) is 2.79. The number of rotatable bonds is 4. The number of halogens is 2. The first kappa shape index (κ1) is 16.1. The van der Waals surface area contributed by atoms with E-state index < -0.39 is 11.7 Å². The second-order valence-electron chi connectivity index (χ2n) is 5.59. The Kier molecular flexibility index (Phi) is 5.13. The molecular weight excluding hydrogens is 297 g/mol. The average Bonchev–Trinajstić information content (AvgIpc) is 2.48. The SMILES string of the molecule is CC(C)(CNC(=O)c1cc(F)cnc1Cl)N1CCOCC1. The lowest BCUT2D eigenvalue weighted by atomic mass is 10.0. The third kappa shape index (κ3) is 4.12. The van der Waals surface area contributed by atoms with E-state index >= 15 is 0 Å². The summed E-state index contributed by atoms with van der Waals surface area (Å²) in [6.45, 7) is 7.55. The lowest BCUT2D eigenvalue weighted by molar-refractivity contribution is -0.00923. The Balaban J connectivity index is 1.98. The molecule has 2 heterocycles. The van der Waals surface area contributed by atoms with Crippen molar-refractivity contribution in [2.75, 3.05) is 32.8 Å². The fourth-order valence-electron chi connectivity index (χ4n) is 2.25. The van der Waals surface area contributed by atoms with E-state index in [9.17, 15) is 9.18 Å². The third-order valence-electron chi connectivity index (χ3n) is 3.60. The fraction of sp³-hybridized carbons (Fsp3) is 0.571. The van der Waals surface area contributed by atoms with Crippen molar-refractivity contribution in [2.24, 2.45) is 0 Å². The lowest BCUT2D eigenvalue weighted by Gasteiger charge is -2.40. The molecule has 1 fully saturated rings. The van der Waals surface area contributed by atoms with E-state index in [1.54, 1.807) is 0 Å². The van der Waals surface area contributed by atoms with Crippen LogP contribution < -0.4 is 5.32 Å². The molecule has 1 aliphatic heterocycles. The van der Waals surface area contributed by atoms with Gasteiger partial charge in [0.25, 0.3) is 5.91 Å². The third-order valence-corrected chi connectivity index (χ3v) is 3.90. The van der Waals surface area contributed by atoms with E-state index in [2.05, 4.69) is 15.2 Å². The van der Waals surface area contributed by atoms with Gasteiger partial charge in [-0.1, -0.05) is 11.6 Å². The molecule has 21 heavy (non-hydrogen) atoms. The van der Waals surface area contributed by atoms with Gasteiger partial charge in [0.05, 0.1) is 25.0 Å². The molecule has 0 bridgehead atoms. The van der Waals surface area contributed by atoms with Crippen LogP contribution in [-0.4, -0.2) is 54.2 Å². The Morgan fingerprint density at radius 3 is 2.86 bits per heavy atom. The Morgan fingerprint density at radius 2 is 2.19 bits per heavy atom. The minimum absolute atomic E-state index is 0.00178. The van der Waals surface area contributed by atoms with Crippen LogP contribution in [0.1, 0.15) is 24.2 Å². The van der Waals surface area contributed by atoms with E-state index in [0.717, 1.165) is 25.4 Å². The highest BCUT2D eigenvalue weighted by Crippen LogP contribution is 2.17. The number of hydrogen-bond acceptors (Lipinski definition) is 4. The van der Waals surface area contributed by atoms with Gasteiger partial charge in [-0.3, -0.25) is 9.69 Å². The summed E-state index contributed by atoms with van der Waals surface area (Å²) in [4.78, 5) is 18.0. The molecule has 1 aromatic rings. The van der Waals surface area contributed by atoms with Gasteiger partial charge in [-0.15, -0.1) is 0 Å². The maximum Gasteiger partial charge on any atom is 0.254 e. The molecule has 0 radical (unpaired) electrons. The maximum atomic E-state index is 13.1. The van der Waals surface area contributed by atoms with E-state index in [-0.39, 0.29) is 16.3 Å². The minimum atomic E-state index is -0.586. The Labute approximate surface area is 128 Å². The van der Waals surface area contributed by atoms with E-state index in [0.29, 0.717) is 19.8 Å². The van der Waals surface area contributed by atoms with Crippen LogP contribution in [0.4, 0.5) is 4.39 Å².